The Morgan fingerprint density at radius 3 is 2.75 bits per heavy atom. The molecule has 3 nitrogen and oxygen atoms in total. The molecular formula is C15H17BrClN3. The van der Waals surface area contributed by atoms with E-state index in [0.29, 0.717) is 6.04 Å². The predicted octanol–water partition coefficient (Wildman–Crippen LogP) is 4.16. The molecule has 0 amide bonds. The van der Waals surface area contributed by atoms with Gasteiger partial charge in [0, 0.05) is 17.6 Å². The van der Waals surface area contributed by atoms with Gasteiger partial charge in [0.1, 0.15) is 0 Å². The summed E-state index contributed by atoms with van der Waals surface area (Å²) < 4.78 is 3.02. The van der Waals surface area contributed by atoms with Crippen LogP contribution in [0.5, 0.6) is 0 Å². The lowest BCUT2D eigenvalue weighted by atomic mass is 10.1. The van der Waals surface area contributed by atoms with Gasteiger partial charge in [-0.05, 0) is 60.3 Å². The molecule has 0 saturated heterocycles. The molecule has 5 heteroatoms. The third-order valence-electron chi connectivity index (χ3n) is 3.64. The van der Waals surface area contributed by atoms with Crippen molar-refractivity contribution in [1.82, 2.24) is 15.1 Å². The molecule has 1 aromatic heterocycles. The Hall–Kier alpha value is -0.840. The first-order valence-electron chi connectivity index (χ1n) is 6.80. The lowest BCUT2D eigenvalue weighted by Crippen LogP contribution is -2.17. The van der Waals surface area contributed by atoms with Gasteiger partial charge in [0.2, 0.25) is 0 Å². The first-order valence-corrected chi connectivity index (χ1v) is 7.97. The normalized spacial score (nSPS) is 14.8. The number of rotatable bonds is 4. The second kappa shape index (κ2) is 5.51. The van der Waals surface area contributed by atoms with Gasteiger partial charge in [-0.3, -0.25) is 0 Å². The number of benzene rings is 1. The van der Waals surface area contributed by atoms with E-state index in [2.05, 4.69) is 39.3 Å². The van der Waals surface area contributed by atoms with Crippen LogP contribution < -0.4 is 5.32 Å². The third-order valence-corrected chi connectivity index (χ3v) is 5.02. The predicted molar refractivity (Wildman–Crippen MR) is 85.6 cm³/mol. The average Bonchev–Trinajstić information content (AvgIpc) is 3.21. The monoisotopic (exact) mass is 353 g/mol. The van der Waals surface area contributed by atoms with E-state index < -0.39 is 0 Å². The van der Waals surface area contributed by atoms with Crippen LogP contribution in [0.2, 0.25) is 5.02 Å². The van der Waals surface area contributed by atoms with Crippen LogP contribution in [0.15, 0.2) is 22.7 Å². The Balaban J connectivity index is 2.00. The minimum atomic E-state index is 0.686. The molecule has 106 valence electrons. The Kier molecular flexibility index (Phi) is 3.89. The van der Waals surface area contributed by atoms with Crippen LogP contribution >= 0.6 is 27.5 Å². The van der Waals surface area contributed by atoms with Gasteiger partial charge in [-0.25, -0.2) is 4.68 Å². The summed E-state index contributed by atoms with van der Waals surface area (Å²) in [5, 5.41) is 8.89. The van der Waals surface area contributed by atoms with Crippen molar-refractivity contribution < 1.29 is 0 Å². The van der Waals surface area contributed by atoms with Gasteiger partial charge in [0.05, 0.1) is 21.5 Å². The number of aryl methyl sites for hydroxylation is 1. The van der Waals surface area contributed by atoms with Crippen molar-refractivity contribution >= 4 is 27.5 Å². The van der Waals surface area contributed by atoms with E-state index in [1.807, 2.05) is 23.7 Å². The molecule has 2 aromatic rings. The van der Waals surface area contributed by atoms with Crippen LogP contribution in [-0.4, -0.2) is 15.8 Å². The quantitative estimate of drug-likeness (QED) is 0.893. The van der Waals surface area contributed by atoms with Crippen LogP contribution in [-0.2, 0) is 6.54 Å². The molecule has 1 aliphatic carbocycles. The summed E-state index contributed by atoms with van der Waals surface area (Å²) >= 11 is 9.75. The van der Waals surface area contributed by atoms with E-state index >= 15 is 0 Å². The Labute approximate surface area is 132 Å². The molecule has 20 heavy (non-hydrogen) atoms. The van der Waals surface area contributed by atoms with Gasteiger partial charge < -0.3 is 5.32 Å². The van der Waals surface area contributed by atoms with Gasteiger partial charge in [-0.2, -0.15) is 5.10 Å². The molecule has 3 rings (SSSR count). The average molecular weight is 355 g/mol. The largest absolute Gasteiger partial charge is 0.310 e. The molecule has 1 aromatic carbocycles. The van der Waals surface area contributed by atoms with Crippen LogP contribution in [0, 0.1) is 13.8 Å². The summed E-state index contributed by atoms with van der Waals surface area (Å²) in [5.41, 5.74) is 4.36. The lowest BCUT2D eigenvalue weighted by molar-refractivity contribution is 0.679. The number of hydrogen-bond acceptors (Lipinski definition) is 2. The first-order chi connectivity index (χ1) is 9.56. The van der Waals surface area contributed by atoms with E-state index in [-0.39, 0.29) is 0 Å². The van der Waals surface area contributed by atoms with E-state index in [0.717, 1.165) is 33.1 Å². The van der Waals surface area contributed by atoms with Crippen molar-refractivity contribution in [2.24, 2.45) is 0 Å². The van der Waals surface area contributed by atoms with Crippen molar-refractivity contribution in [2.45, 2.75) is 39.3 Å². The van der Waals surface area contributed by atoms with Crippen molar-refractivity contribution in [2.75, 3.05) is 0 Å². The third kappa shape index (κ3) is 2.78. The smallest absolute Gasteiger partial charge is 0.0743 e. The summed E-state index contributed by atoms with van der Waals surface area (Å²) in [6.07, 6.45) is 2.57. The number of nitrogens with one attached hydrogen (secondary N) is 1. The lowest BCUT2D eigenvalue weighted by Gasteiger charge is -2.12. The van der Waals surface area contributed by atoms with Crippen molar-refractivity contribution in [3.8, 4) is 5.69 Å². The van der Waals surface area contributed by atoms with Gasteiger partial charge in [-0.1, -0.05) is 17.7 Å². The SMILES string of the molecule is Cc1nn(-c2cc(Cl)ccc2CNC2CC2)c(C)c1Br. The molecule has 1 saturated carbocycles. The maximum absolute atomic E-state index is 6.17. The molecule has 1 aliphatic rings. The topological polar surface area (TPSA) is 29.9 Å². The molecule has 1 heterocycles. The highest BCUT2D eigenvalue weighted by molar-refractivity contribution is 9.10. The molecular weight excluding hydrogens is 338 g/mol. The van der Waals surface area contributed by atoms with Crippen LogP contribution in [0.3, 0.4) is 0 Å². The highest BCUT2D eigenvalue weighted by Gasteiger charge is 2.21. The van der Waals surface area contributed by atoms with Gasteiger partial charge in [0.15, 0.2) is 0 Å². The first kappa shape index (κ1) is 14.1. The fourth-order valence-electron chi connectivity index (χ4n) is 2.28. The van der Waals surface area contributed by atoms with Crippen LogP contribution in [0.4, 0.5) is 0 Å². The summed E-state index contributed by atoms with van der Waals surface area (Å²) in [5.74, 6) is 0. The Morgan fingerprint density at radius 2 is 2.15 bits per heavy atom. The molecule has 1 N–H and O–H groups in total. The molecule has 0 unspecified atom stereocenters. The van der Waals surface area contributed by atoms with Crippen molar-refractivity contribution in [3.05, 3.63) is 44.6 Å². The molecule has 0 aliphatic heterocycles. The summed E-state index contributed by atoms with van der Waals surface area (Å²) in [7, 11) is 0. The van der Waals surface area contributed by atoms with E-state index in [1.165, 1.54) is 18.4 Å². The summed E-state index contributed by atoms with van der Waals surface area (Å²) in [6, 6.07) is 6.69. The molecule has 1 fully saturated rings. The highest BCUT2D eigenvalue weighted by Crippen LogP contribution is 2.27. The summed E-state index contributed by atoms with van der Waals surface area (Å²) in [6.45, 7) is 4.91. The number of nitrogens with zero attached hydrogens (tertiary/aromatic N) is 2. The van der Waals surface area contributed by atoms with E-state index in [9.17, 15) is 0 Å². The van der Waals surface area contributed by atoms with E-state index in [4.69, 9.17) is 11.6 Å². The fourth-order valence-corrected chi connectivity index (χ4v) is 2.70. The number of hydrogen-bond donors (Lipinski definition) is 1. The maximum atomic E-state index is 6.17. The minimum Gasteiger partial charge on any atom is -0.310 e. The molecule has 0 spiro atoms. The number of aromatic nitrogens is 2. The molecule has 0 atom stereocenters. The zero-order valence-corrected chi connectivity index (χ0v) is 13.9. The molecule has 0 radical (unpaired) electrons. The van der Waals surface area contributed by atoms with Gasteiger partial charge in [0.25, 0.3) is 0 Å². The Morgan fingerprint density at radius 1 is 1.40 bits per heavy atom. The van der Waals surface area contributed by atoms with Gasteiger partial charge in [-0.15, -0.1) is 0 Å². The highest BCUT2D eigenvalue weighted by atomic mass is 79.9. The van der Waals surface area contributed by atoms with Crippen LogP contribution in [0.1, 0.15) is 29.8 Å². The standard InChI is InChI=1S/C15H17BrClN3/c1-9-15(16)10(2)20(19-9)14-7-12(17)4-3-11(14)8-18-13-5-6-13/h3-4,7,13,18H,5-6,8H2,1-2H3. The minimum absolute atomic E-state index is 0.686. The fraction of sp³-hybridized carbons (Fsp3) is 0.400. The Bertz CT molecular complexity index is 647. The molecule has 0 bridgehead atoms. The van der Waals surface area contributed by atoms with Crippen molar-refractivity contribution in [1.29, 1.82) is 0 Å². The van der Waals surface area contributed by atoms with Crippen LogP contribution in [0.25, 0.3) is 5.69 Å². The zero-order valence-electron chi connectivity index (χ0n) is 11.6. The second-order valence-electron chi connectivity index (χ2n) is 5.32. The second-order valence-corrected chi connectivity index (χ2v) is 6.55. The van der Waals surface area contributed by atoms with Gasteiger partial charge >= 0.3 is 0 Å². The van der Waals surface area contributed by atoms with E-state index in [1.54, 1.807) is 0 Å². The number of halogens is 2. The zero-order chi connectivity index (χ0) is 14.3. The summed E-state index contributed by atoms with van der Waals surface area (Å²) in [4.78, 5) is 0. The maximum Gasteiger partial charge on any atom is 0.0743 e. The van der Waals surface area contributed by atoms with Crippen molar-refractivity contribution in [3.63, 3.8) is 0 Å².